The van der Waals surface area contributed by atoms with Gasteiger partial charge < -0.3 is 14.8 Å². The summed E-state index contributed by atoms with van der Waals surface area (Å²) in [6.07, 6.45) is 1.99. The van der Waals surface area contributed by atoms with Crippen molar-refractivity contribution in [1.29, 1.82) is 0 Å². The number of rotatable bonds is 9. The number of nitrogens with one attached hydrogen (secondary N) is 2. The Hall–Kier alpha value is -2.61. The highest BCUT2D eigenvalue weighted by Crippen LogP contribution is 2.26. The predicted molar refractivity (Wildman–Crippen MR) is 112 cm³/mol. The zero-order valence-electron chi connectivity index (χ0n) is 15.8. The third kappa shape index (κ3) is 8.11. The Morgan fingerprint density at radius 2 is 1.86 bits per heavy atom. The van der Waals surface area contributed by atoms with E-state index >= 15 is 0 Å². The lowest BCUT2D eigenvalue weighted by molar-refractivity contribution is -0.139. The summed E-state index contributed by atoms with van der Waals surface area (Å²) in [4.78, 5) is 23.2. The quantitative estimate of drug-likeness (QED) is 0.273. The molecule has 2 aromatic rings. The summed E-state index contributed by atoms with van der Waals surface area (Å²) in [5.41, 5.74) is 3.75. The van der Waals surface area contributed by atoms with Crippen molar-refractivity contribution in [2.45, 2.75) is 13.0 Å². The van der Waals surface area contributed by atoms with E-state index in [1.165, 1.54) is 6.21 Å². The molecule has 0 aliphatic rings. The van der Waals surface area contributed by atoms with Crippen molar-refractivity contribution < 1.29 is 19.1 Å². The minimum absolute atomic E-state index is 0.344. The van der Waals surface area contributed by atoms with Crippen molar-refractivity contribution in [3.63, 3.8) is 0 Å². The monoisotopic (exact) mass is 437 g/mol. The fraction of sp³-hybridized carbons (Fsp3) is 0.250. The van der Waals surface area contributed by atoms with Gasteiger partial charge in [0.05, 0.1) is 11.2 Å². The summed E-state index contributed by atoms with van der Waals surface area (Å²) in [6, 6.07) is 12.4. The molecule has 0 fully saturated rings. The molecule has 2 N–H and O–H groups in total. The van der Waals surface area contributed by atoms with Crippen LogP contribution < -0.4 is 15.5 Å². The first-order valence-electron chi connectivity index (χ1n) is 8.76. The second kappa shape index (κ2) is 12.1. The first-order valence-corrected chi connectivity index (χ1v) is 9.52. The van der Waals surface area contributed by atoms with Crippen LogP contribution in [0.15, 0.2) is 47.6 Å². The van der Waals surface area contributed by atoms with Gasteiger partial charge >= 0.3 is 11.8 Å². The second-order valence-electron chi connectivity index (χ2n) is 5.91. The molecule has 2 rings (SSSR count). The first-order chi connectivity index (χ1) is 14.0. The molecule has 9 heteroatoms. The molecule has 0 spiro atoms. The molecule has 0 saturated heterocycles. The van der Waals surface area contributed by atoms with Gasteiger partial charge in [-0.25, -0.2) is 5.43 Å². The molecule has 2 aromatic carbocycles. The predicted octanol–water partition coefficient (Wildman–Crippen LogP) is 3.18. The van der Waals surface area contributed by atoms with E-state index in [0.717, 1.165) is 5.56 Å². The smallest absolute Gasteiger partial charge is 0.329 e. The number of halogens is 2. The molecular formula is C20H21Cl2N3O4. The van der Waals surface area contributed by atoms with Gasteiger partial charge in [-0.3, -0.25) is 9.59 Å². The number of hydrogen-bond donors (Lipinski definition) is 2. The zero-order chi connectivity index (χ0) is 21.1. The molecule has 0 heterocycles. The van der Waals surface area contributed by atoms with Crippen LogP contribution in [-0.2, 0) is 20.9 Å². The van der Waals surface area contributed by atoms with Gasteiger partial charge in [-0.1, -0.05) is 35.3 Å². The summed E-state index contributed by atoms with van der Waals surface area (Å²) in [5, 5.41) is 7.27. The number of hydrogen-bond acceptors (Lipinski definition) is 5. The topological polar surface area (TPSA) is 89.0 Å². The molecule has 0 aromatic heterocycles. The van der Waals surface area contributed by atoms with Crippen LogP contribution in [-0.4, -0.2) is 38.3 Å². The SMILES string of the molecule is COCCCNC(=O)C(=O)N/N=C\c1ccc(OCc2ccc(Cl)cc2)c(Cl)c1. The Morgan fingerprint density at radius 3 is 2.55 bits per heavy atom. The van der Waals surface area contributed by atoms with E-state index in [4.69, 9.17) is 32.7 Å². The highest BCUT2D eigenvalue weighted by molar-refractivity contribution is 6.35. The highest BCUT2D eigenvalue weighted by Gasteiger charge is 2.11. The fourth-order valence-corrected chi connectivity index (χ4v) is 2.54. The standard InChI is InChI=1S/C20H21Cl2N3O4/c1-28-10-2-9-23-19(26)20(27)25-24-12-15-5-8-18(17(22)11-15)29-13-14-3-6-16(21)7-4-14/h3-8,11-12H,2,9-10,13H2,1H3,(H,23,26)(H,25,27)/b24-12-. The largest absolute Gasteiger partial charge is 0.487 e. The van der Waals surface area contributed by atoms with Crippen LogP contribution in [0.4, 0.5) is 0 Å². The normalized spacial score (nSPS) is 10.7. The summed E-state index contributed by atoms with van der Waals surface area (Å²) in [6.45, 7) is 1.19. The maximum atomic E-state index is 11.6. The van der Waals surface area contributed by atoms with Crippen molar-refractivity contribution in [3.8, 4) is 5.75 Å². The van der Waals surface area contributed by atoms with Gasteiger partial charge in [0.1, 0.15) is 12.4 Å². The van der Waals surface area contributed by atoms with Gasteiger partial charge in [-0.2, -0.15) is 5.10 Å². The molecule has 0 atom stereocenters. The van der Waals surface area contributed by atoms with Crippen LogP contribution in [0.3, 0.4) is 0 Å². The Bertz CT molecular complexity index is 857. The second-order valence-corrected chi connectivity index (χ2v) is 6.75. The molecule has 7 nitrogen and oxygen atoms in total. The number of nitrogens with zero attached hydrogens (tertiary/aromatic N) is 1. The third-order valence-electron chi connectivity index (χ3n) is 3.66. The van der Waals surface area contributed by atoms with Crippen LogP contribution >= 0.6 is 23.2 Å². The van der Waals surface area contributed by atoms with E-state index in [0.29, 0.717) is 47.5 Å². The number of ether oxygens (including phenoxy) is 2. The lowest BCUT2D eigenvalue weighted by Gasteiger charge is -2.09. The number of methoxy groups -OCH3 is 1. The van der Waals surface area contributed by atoms with Gasteiger partial charge in [0.25, 0.3) is 0 Å². The number of hydrazone groups is 1. The molecule has 2 amide bonds. The van der Waals surface area contributed by atoms with Crippen LogP contribution in [0.2, 0.25) is 10.0 Å². The summed E-state index contributed by atoms with van der Waals surface area (Å²) in [7, 11) is 1.56. The molecule has 29 heavy (non-hydrogen) atoms. The van der Waals surface area contributed by atoms with E-state index in [-0.39, 0.29) is 0 Å². The zero-order valence-corrected chi connectivity index (χ0v) is 17.3. The first kappa shape index (κ1) is 22.7. The Kier molecular flexibility index (Phi) is 9.43. The average Bonchev–Trinajstić information content (AvgIpc) is 2.71. The number of carbonyl (C=O) groups excluding carboxylic acids is 2. The highest BCUT2D eigenvalue weighted by atomic mass is 35.5. The average molecular weight is 438 g/mol. The fourth-order valence-electron chi connectivity index (χ4n) is 2.17. The Balaban J connectivity index is 1.82. The molecule has 154 valence electrons. The van der Waals surface area contributed by atoms with Crippen LogP contribution in [0.5, 0.6) is 5.75 Å². The number of benzene rings is 2. The van der Waals surface area contributed by atoms with Gasteiger partial charge in [-0.05, 0) is 47.9 Å². The van der Waals surface area contributed by atoms with Crippen molar-refractivity contribution in [1.82, 2.24) is 10.7 Å². The third-order valence-corrected chi connectivity index (χ3v) is 4.21. The van der Waals surface area contributed by atoms with Gasteiger partial charge in [-0.15, -0.1) is 0 Å². The van der Waals surface area contributed by atoms with E-state index in [9.17, 15) is 9.59 Å². The van der Waals surface area contributed by atoms with Crippen molar-refractivity contribution >= 4 is 41.2 Å². The minimum atomic E-state index is -0.854. The van der Waals surface area contributed by atoms with Crippen molar-refractivity contribution in [2.24, 2.45) is 5.10 Å². The van der Waals surface area contributed by atoms with E-state index in [1.54, 1.807) is 37.4 Å². The maximum Gasteiger partial charge on any atom is 0.329 e. The van der Waals surface area contributed by atoms with E-state index in [2.05, 4.69) is 15.8 Å². The molecular weight excluding hydrogens is 417 g/mol. The lowest BCUT2D eigenvalue weighted by Crippen LogP contribution is -2.38. The van der Waals surface area contributed by atoms with Gasteiger partial charge in [0, 0.05) is 25.3 Å². The molecule has 0 bridgehead atoms. The lowest BCUT2D eigenvalue weighted by atomic mass is 10.2. The molecule has 0 aliphatic carbocycles. The van der Waals surface area contributed by atoms with Crippen LogP contribution in [0.1, 0.15) is 17.5 Å². The van der Waals surface area contributed by atoms with Crippen molar-refractivity contribution in [2.75, 3.05) is 20.3 Å². The van der Waals surface area contributed by atoms with Gasteiger partial charge in [0.2, 0.25) is 0 Å². The Morgan fingerprint density at radius 1 is 1.10 bits per heavy atom. The van der Waals surface area contributed by atoms with Crippen LogP contribution in [0.25, 0.3) is 0 Å². The maximum absolute atomic E-state index is 11.6. The minimum Gasteiger partial charge on any atom is -0.487 e. The Labute approximate surface area is 179 Å². The number of amides is 2. The number of carbonyl (C=O) groups is 2. The summed E-state index contributed by atoms with van der Waals surface area (Å²) in [5.74, 6) is -1.10. The van der Waals surface area contributed by atoms with Crippen molar-refractivity contribution in [3.05, 3.63) is 63.6 Å². The molecule has 0 saturated carbocycles. The molecule has 0 radical (unpaired) electrons. The van der Waals surface area contributed by atoms with E-state index in [1.807, 2.05) is 12.1 Å². The summed E-state index contributed by atoms with van der Waals surface area (Å²) >= 11 is 12.1. The van der Waals surface area contributed by atoms with Crippen LogP contribution in [0, 0.1) is 0 Å². The van der Waals surface area contributed by atoms with Gasteiger partial charge in [0.15, 0.2) is 0 Å². The molecule has 0 unspecified atom stereocenters. The summed E-state index contributed by atoms with van der Waals surface area (Å²) < 4.78 is 10.6. The molecule has 0 aliphatic heterocycles. The van der Waals surface area contributed by atoms with E-state index < -0.39 is 11.8 Å².